The summed E-state index contributed by atoms with van der Waals surface area (Å²) in [5.41, 5.74) is 1.91. The van der Waals surface area contributed by atoms with Crippen LogP contribution in [0.4, 0.5) is 0 Å². The van der Waals surface area contributed by atoms with Crippen LogP contribution in [0.1, 0.15) is 17.5 Å². The number of rotatable bonds is 8. The second-order valence-electron chi connectivity index (χ2n) is 4.89. The number of hydrogen-bond acceptors (Lipinski definition) is 3. The number of nitrogens with one attached hydrogen (secondary N) is 1. The van der Waals surface area contributed by atoms with Gasteiger partial charge in [0.05, 0.1) is 0 Å². The molecular weight excluding hydrogens is 321 g/mol. The molecule has 0 aliphatic carbocycles. The van der Waals surface area contributed by atoms with Gasteiger partial charge in [0.25, 0.3) is 0 Å². The van der Waals surface area contributed by atoms with Gasteiger partial charge in [-0.2, -0.15) is 0 Å². The minimum absolute atomic E-state index is 0.203. The molecule has 0 heterocycles. The summed E-state index contributed by atoms with van der Waals surface area (Å²) in [6.45, 7) is 2.06. The van der Waals surface area contributed by atoms with Crippen molar-refractivity contribution in [2.24, 2.45) is 0 Å². The summed E-state index contributed by atoms with van der Waals surface area (Å²) in [7, 11) is 0. The van der Waals surface area contributed by atoms with E-state index in [1.54, 1.807) is 12.1 Å². The molecule has 0 amide bonds. The molecule has 0 spiro atoms. The average Bonchev–Trinajstić information content (AvgIpc) is 2.52. The number of aliphatic hydroxyl groups is 1. The van der Waals surface area contributed by atoms with Gasteiger partial charge < -0.3 is 15.2 Å². The third-order valence-electron chi connectivity index (χ3n) is 3.18. The maximum Gasteiger partial charge on any atom is 0.120 e. The van der Waals surface area contributed by atoms with Crippen LogP contribution in [0.25, 0.3) is 0 Å². The van der Waals surface area contributed by atoms with E-state index in [2.05, 4.69) is 5.32 Å². The van der Waals surface area contributed by atoms with E-state index < -0.39 is 0 Å². The lowest BCUT2D eigenvalue weighted by Crippen LogP contribution is -2.15. The Morgan fingerprint density at radius 3 is 2.50 bits per heavy atom. The maximum absolute atomic E-state index is 8.75. The summed E-state index contributed by atoms with van der Waals surface area (Å²) in [6, 6.07) is 13.3. The molecule has 0 radical (unpaired) electrons. The Balaban J connectivity index is 1.93. The van der Waals surface area contributed by atoms with E-state index in [1.807, 2.05) is 30.3 Å². The Labute approximate surface area is 140 Å². The van der Waals surface area contributed by atoms with Crippen molar-refractivity contribution in [1.82, 2.24) is 5.32 Å². The van der Waals surface area contributed by atoms with Crippen molar-refractivity contribution in [3.05, 3.63) is 63.6 Å². The molecule has 0 atom stereocenters. The van der Waals surface area contributed by atoms with Crippen molar-refractivity contribution < 1.29 is 9.84 Å². The fourth-order valence-corrected chi connectivity index (χ4v) is 2.51. The molecule has 22 heavy (non-hydrogen) atoms. The molecule has 0 saturated carbocycles. The van der Waals surface area contributed by atoms with Crippen molar-refractivity contribution in [3.63, 3.8) is 0 Å². The lowest BCUT2D eigenvalue weighted by molar-refractivity contribution is 0.286. The van der Waals surface area contributed by atoms with E-state index >= 15 is 0 Å². The van der Waals surface area contributed by atoms with Crippen LogP contribution in [-0.2, 0) is 13.2 Å². The third-order valence-corrected chi connectivity index (χ3v) is 3.89. The zero-order valence-electron chi connectivity index (χ0n) is 12.2. The molecule has 0 bridgehead atoms. The zero-order chi connectivity index (χ0) is 15.8. The first-order valence-corrected chi connectivity index (χ1v) is 7.92. The molecule has 0 unspecified atom stereocenters. The predicted octanol–water partition coefficient (Wildman–Crippen LogP) is 4.04. The normalized spacial score (nSPS) is 10.7. The minimum Gasteiger partial charge on any atom is -0.489 e. The lowest BCUT2D eigenvalue weighted by Gasteiger charge is -2.11. The summed E-state index contributed by atoms with van der Waals surface area (Å²) < 4.78 is 5.79. The highest BCUT2D eigenvalue weighted by atomic mass is 35.5. The summed E-state index contributed by atoms with van der Waals surface area (Å²) in [5, 5.41) is 13.2. The van der Waals surface area contributed by atoms with Crippen molar-refractivity contribution >= 4 is 23.2 Å². The molecule has 0 aliphatic heterocycles. The Morgan fingerprint density at radius 2 is 1.77 bits per heavy atom. The third kappa shape index (κ3) is 5.18. The average molecular weight is 340 g/mol. The summed E-state index contributed by atoms with van der Waals surface area (Å²) in [5.74, 6) is 0.775. The number of hydrogen-bond donors (Lipinski definition) is 2. The highest BCUT2D eigenvalue weighted by Crippen LogP contribution is 2.26. The van der Waals surface area contributed by atoms with Gasteiger partial charge in [-0.1, -0.05) is 41.4 Å². The highest BCUT2D eigenvalue weighted by Gasteiger charge is 2.06. The van der Waals surface area contributed by atoms with E-state index in [0.29, 0.717) is 16.7 Å². The van der Waals surface area contributed by atoms with Gasteiger partial charge >= 0.3 is 0 Å². The quantitative estimate of drug-likeness (QED) is 0.713. The summed E-state index contributed by atoms with van der Waals surface area (Å²) in [4.78, 5) is 0. The molecule has 3 nitrogen and oxygen atoms in total. The van der Waals surface area contributed by atoms with Crippen LogP contribution in [-0.4, -0.2) is 18.3 Å². The van der Waals surface area contributed by atoms with Gasteiger partial charge in [0, 0.05) is 28.8 Å². The molecule has 2 rings (SSSR count). The number of ether oxygens (including phenoxy) is 1. The topological polar surface area (TPSA) is 41.5 Å². The van der Waals surface area contributed by atoms with Crippen LogP contribution in [0.3, 0.4) is 0 Å². The second kappa shape index (κ2) is 9.01. The van der Waals surface area contributed by atoms with Crippen LogP contribution >= 0.6 is 23.2 Å². The van der Waals surface area contributed by atoms with Crippen LogP contribution in [0, 0.1) is 0 Å². The van der Waals surface area contributed by atoms with E-state index in [1.165, 1.54) is 0 Å². The standard InChI is InChI=1S/C17H19Cl2NO2/c18-16-6-2-7-17(19)15(16)12-22-14-5-1-4-13(10-14)11-20-8-3-9-21/h1-2,4-7,10,20-21H,3,8-9,11-12H2. The summed E-state index contributed by atoms with van der Waals surface area (Å²) >= 11 is 12.3. The Hall–Kier alpha value is -1.26. The Bertz CT molecular complexity index is 585. The molecule has 118 valence electrons. The first-order valence-electron chi connectivity index (χ1n) is 7.17. The minimum atomic E-state index is 0.203. The van der Waals surface area contributed by atoms with Gasteiger partial charge in [-0.3, -0.25) is 0 Å². The fraction of sp³-hybridized carbons (Fsp3) is 0.294. The number of benzene rings is 2. The molecular formula is C17H19Cl2NO2. The molecule has 0 aromatic heterocycles. The molecule has 2 N–H and O–H groups in total. The smallest absolute Gasteiger partial charge is 0.120 e. The molecule has 2 aromatic rings. The Kier molecular flexibility index (Phi) is 7.00. The van der Waals surface area contributed by atoms with Gasteiger partial charge in [-0.25, -0.2) is 0 Å². The van der Waals surface area contributed by atoms with Gasteiger partial charge in [-0.15, -0.1) is 0 Å². The van der Waals surface area contributed by atoms with Crippen molar-refractivity contribution in [2.45, 2.75) is 19.6 Å². The largest absolute Gasteiger partial charge is 0.489 e. The van der Waals surface area contributed by atoms with E-state index in [4.69, 9.17) is 33.0 Å². The fourth-order valence-electron chi connectivity index (χ4n) is 2.01. The van der Waals surface area contributed by atoms with Gasteiger partial charge in [0.1, 0.15) is 12.4 Å². The number of aliphatic hydroxyl groups excluding tert-OH is 1. The van der Waals surface area contributed by atoms with Gasteiger partial charge in [-0.05, 0) is 42.8 Å². The zero-order valence-corrected chi connectivity index (χ0v) is 13.7. The molecule has 0 saturated heterocycles. The van der Waals surface area contributed by atoms with Crippen molar-refractivity contribution in [1.29, 1.82) is 0 Å². The first-order chi connectivity index (χ1) is 10.7. The van der Waals surface area contributed by atoms with Crippen molar-refractivity contribution in [3.8, 4) is 5.75 Å². The second-order valence-corrected chi connectivity index (χ2v) is 5.70. The number of halogens is 2. The van der Waals surface area contributed by atoms with E-state index in [0.717, 1.165) is 36.4 Å². The highest BCUT2D eigenvalue weighted by molar-refractivity contribution is 6.35. The van der Waals surface area contributed by atoms with Crippen LogP contribution in [0.2, 0.25) is 10.0 Å². The molecule has 0 aliphatic rings. The van der Waals surface area contributed by atoms with E-state index in [-0.39, 0.29) is 6.61 Å². The predicted molar refractivity (Wildman–Crippen MR) is 90.6 cm³/mol. The molecule has 0 fully saturated rings. The maximum atomic E-state index is 8.75. The molecule has 2 aromatic carbocycles. The van der Waals surface area contributed by atoms with Gasteiger partial charge in [0.15, 0.2) is 0 Å². The van der Waals surface area contributed by atoms with Crippen molar-refractivity contribution in [2.75, 3.05) is 13.2 Å². The first kappa shape index (κ1) is 17.1. The Morgan fingerprint density at radius 1 is 1.05 bits per heavy atom. The van der Waals surface area contributed by atoms with Crippen LogP contribution in [0.15, 0.2) is 42.5 Å². The molecule has 5 heteroatoms. The van der Waals surface area contributed by atoms with Crippen LogP contribution in [0.5, 0.6) is 5.75 Å². The summed E-state index contributed by atoms with van der Waals surface area (Å²) in [6.07, 6.45) is 0.751. The lowest BCUT2D eigenvalue weighted by atomic mass is 10.2. The van der Waals surface area contributed by atoms with E-state index in [9.17, 15) is 0 Å². The van der Waals surface area contributed by atoms with Gasteiger partial charge in [0.2, 0.25) is 0 Å². The monoisotopic (exact) mass is 339 g/mol. The van der Waals surface area contributed by atoms with Crippen LogP contribution < -0.4 is 10.1 Å². The SMILES string of the molecule is OCCCNCc1cccc(OCc2c(Cl)cccc2Cl)c1.